The minimum atomic E-state index is -1.17. The summed E-state index contributed by atoms with van der Waals surface area (Å²) in [5.41, 5.74) is 0.670. The molecule has 1 aliphatic heterocycles. The van der Waals surface area contributed by atoms with Crippen molar-refractivity contribution in [2.45, 2.75) is 56.7 Å². The number of halogens is 1. The molecule has 0 amide bonds. The lowest BCUT2D eigenvalue weighted by molar-refractivity contribution is -0.249. The Morgan fingerprint density at radius 1 is 0.778 bits per heavy atom. The molecule has 1 aliphatic rings. The van der Waals surface area contributed by atoms with Crippen LogP contribution in [0.15, 0.2) is 91.0 Å². The van der Waals surface area contributed by atoms with Gasteiger partial charge in [0.1, 0.15) is 18.3 Å². The molecule has 0 N–H and O–H groups in total. The molecule has 3 aromatic rings. The summed E-state index contributed by atoms with van der Waals surface area (Å²) < 4.78 is 55.2. The first kappa shape index (κ1) is 22.5. The Morgan fingerprint density at radius 2 is 1.25 bits per heavy atom. The molecule has 0 aromatic heterocycles. The highest BCUT2D eigenvalue weighted by molar-refractivity contribution is 6.20. The zero-order chi connectivity index (χ0) is 27.8. The van der Waals surface area contributed by atoms with E-state index in [0.29, 0.717) is 16.7 Å². The smallest absolute Gasteiger partial charge is 0.303 e. The van der Waals surface area contributed by atoms with Crippen LogP contribution in [0.4, 0.5) is 0 Å². The van der Waals surface area contributed by atoms with Crippen molar-refractivity contribution in [1.82, 2.24) is 0 Å². The van der Waals surface area contributed by atoms with Gasteiger partial charge in [-0.3, -0.25) is 4.79 Å². The average Bonchev–Trinajstić information content (AvgIpc) is 2.96. The summed E-state index contributed by atoms with van der Waals surface area (Å²) >= 11 is 6.65. The molecule has 0 radical (unpaired) electrons. The Balaban J connectivity index is 1.60. The highest BCUT2D eigenvalue weighted by Gasteiger charge is 2.49. The summed E-state index contributed by atoms with van der Waals surface area (Å²) in [4.78, 5) is 12.2. The van der Waals surface area contributed by atoms with Gasteiger partial charge in [0, 0.05) is 6.92 Å². The molecule has 36 heavy (non-hydrogen) atoms. The first-order valence-electron chi connectivity index (χ1n) is 13.4. The van der Waals surface area contributed by atoms with Gasteiger partial charge in [0.25, 0.3) is 0 Å². The van der Waals surface area contributed by atoms with Gasteiger partial charge in [-0.2, -0.15) is 0 Å². The molecule has 3 aromatic carbocycles. The van der Waals surface area contributed by atoms with E-state index < -0.39 is 55.7 Å². The van der Waals surface area contributed by atoms with Crippen LogP contribution in [0.3, 0.4) is 0 Å². The van der Waals surface area contributed by atoms with E-state index in [1.165, 1.54) is 6.92 Å². The average molecular weight is 514 g/mol. The summed E-state index contributed by atoms with van der Waals surface area (Å²) in [5.74, 6) is -0.605. The van der Waals surface area contributed by atoms with Crippen molar-refractivity contribution in [1.29, 1.82) is 0 Å². The van der Waals surface area contributed by atoms with Crippen LogP contribution in [0.1, 0.15) is 27.7 Å². The van der Waals surface area contributed by atoms with Crippen molar-refractivity contribution >= 4 is 17.6 Å². The topological polar surface area (TPSA) is 63.2 Å². The highest BCUT2D eigenvalue weighted by atomic mass is 35.5. The second kappa shape index (κ2) is 13.5. The van der Waals surface area contributed by atoms with E-state index in [4.69, 9.17) is 39.4 Å². The minimum absolute atomic E-state index is 0.145. The third-order valence-corrected chi connectivity index (χ3v) is 5.83. The highest BCUT2D eigenvalue weighted by Crippen LogP contribution is 2.32. The Bertz CT molecular complexity index is 1160. The number of ether oxygens (including phenoxy) is 5. The number of carbonyl (C=O) groups excluding carboxylic acids is 1. The van der Waals surface area contributed by atoms with Gasteiger partial charge in [0.05, 0.1) is 30.5 Å². The van der Waals surface area contributed by atoms with Crippen molar-refractivity contribution in [2.75, 3.05) is 6.61 Å². The molecule has 1 saturated heterocycles. The van der Waals surface area contributed by atoms with E-state index in [2.05, 4.69) is 0 Å². The van der Waals surface area contributed by atoms with Gasteiger partial charge in [-0.25, -0.2) is 0 Å². The molecular weight excluding hydrogens is 480 g/mol. The molecule has 1 heterocycles. The molecular formula is C29H31ClO6. The van der Waals surface area contributed by atoms with Gasteiger partial charge < -0.3 is 23.7 Å². The van der Waals surface area contributed by atoms with Gasteiger partial charge in [-0.15, -0.1) is 0 Å². The molecule has 4 rings (SSSR count). The fraction of sp³-hybridized carbons (Fsp3) is 0.345. The molecule has 0 saturated carbocycles. The quantitative estimate of drug-likeness (QED) is 0.257. The van der Waals surface area contributed by atoms with Gasteiger partial charge in [-0.05, 0) is 16.7 Å². The van der Waals surface area contributed by atoms with Crippen LogP contribution < -0.4 is 0 Å². The maximum atomic E-state index is 12.2. The Labute approximate surface area is 221 Å². The summed E-state index contributed by atoms with van der Waals surface area (Å²) in [6.45, 7) is -2.22. The van der Waals surface area contributed by atoms with E-state index in [0.717, 1.165) is 0 Å². The maximum Gasteiger partial charge on any atom is 0.303 e. The predicted molar refractivity (Wildman–Crippen MR) is 136 cm³/mol. The maximum absolute atomic E-state index is 12.2. The molecule has 0 bridgehead atoms. The van der Waals surface area contributed by atoms with E-state index in [1.54, 1.807) is 60.7 Å². The number of hydrogen-bond acceptors (Lipinski definition) is 6. The fourth-order valence-corrected chi connectivity index (χ4v) is 4.12. The summed E-state index contributed by atoms with van der Waals surface area (Å²) in [7, 11) is 0. The van der Waals surface area contributed by atoms with Gasteiger partial charge >= 0.3 is 5.97 Å². The number of benzene rings is 3. The zero-order valence-corrected chi connectivity index (χ0v) is 20.6. The van der Waals surface area contributed by atoms with Crippen molar-refractivity contribution in [3.63, 3.8) is 0 Å². The molecule has 4 unspecified atom stereocenters. The minimum Gasteiger partial charge on any atom is -0.457 e. The predicted octanol–water partition coefficient (Wildman–Crippen LogP) is 5.27. The molecule has 8 atom stereocenters. The third-order valence-electron chi connectivity index (χ3n) is 5.48. The second-order valence-corrected chi connectivity index (χ2v) is 8.65. The van der Waals surface area contributed by atoms with Crippen molar-refractivity contribution < 1.29 is 32.6 Å². The Hall–Kier alpha value is -2.74. The standard InChI is InChI=1S/C29H31ClO6/c1-21(31)35-26-25(20-32-17-22-11-5-2-6-12-22)36-29(30)28(34-19-24-15-9-4-10-16-24)27(26)33-18-23-13-7-3-8-14-23/h2-16,25-29H,17-20H2,1H3/t25-,26+,27+,28-,29?/m1/s1/i17D,18D,19D/t17?,18?,19?,25-,26+,27+,28-,29?. The van der Waals surface area contributed by atoms with Crippen molar-refractivity contribution in [3.05, 3.63) is 108 Å². The normalized spacial score (nSPS) is 27.6. The number of hydrogen-bond donors (Lipinski definition) is 0. The number of alkyl halides is 1. The second-order valence-electron chi connectivity index (χ2n) is 8.22. The van der Waals surface area contributed by atoms with E-state index in [9.17, 15) is 4.79 Å². The molecule has 0 spiro atoms. The van der Waals surface area contributed by atoms with Crippen LogP contribution in [0, 0.1) is 0 Å². The van der Waals surface area contributed by atoms with Gasteiger partial charge in [0.2, 0.25) is 0 Å². The van der Waals surface area contributed by atoms with Crippen LogP contribution in [0.5, 0.6) is 0 Å². The number of rotatable bonds is 11. The SMILES string of the molecule is [2H]C(OC[C@H]1OC(Cl)[C@H](OC([2H])c2ccccc2)[C@@H](OC([2H])c2ccccc2)[C@H]1OC(C)=O)c1ccccc1. The monoisotopic (exact) mass is 513 g/mol. The van der Waals surface area contributed by atoms with E-state index in [-0.39, 0.29) is 6.61 Å². The lowest BCUT2D eigenvalue weighted by Gasteiger charge is -2.43. The fourth-order valence-electron chi connectivity index (χ4n) is 3.78. The third kappa shape index (κ3) is 7.63. The lowest BCUT2D eigenvalue weighted by atomic mass is 9.99. The largest absolute Gasteiger partial charge is 0.457 e. The molecule has 190 valence electrons. The lowest BCUT2D eigenvalue weighted by Crippen LogP contribution is -2.60. The van der Waals surface area contributed by atoms with Crippen molar-refractivity contribution in [2.24, 2.45) is 0 Å². The van der Waals surface area contributed by atoms with Gasteiger partial charge in [0.15, 0.2) is 11.7 Å². The summed E-state index contributed by atoms with van der Waals surface area (Å²) in [6.07, 6.45) is -4.18. The van der Waals surface area contributed by atoms with E-state index >= 15 is 0 Å². The van der Waals surface area contributed by atoms with Crippen LogP contribution >= 0.6 is 11.6 Å². The Morgan fingerprint density at radius 3 is 1.75 bits per heavy atom. The first-order chi connectivity index (χ1) is 18.8. The summed E-state index contributed by atoms with van der Waals surface area (Å²) in [5, 5.41) is 0. The zero-order valence-electron chi connectivity index (χ0n) is 22.8. The van der Waals surface area contributed by atoms with Crippen LogP contribution in [0.2, 0.25) is 0 Å². The van der Waals surface area contributed by atoms with Crippen LogP contribution in [-0.2, 0) is 48.2 Å². The van der Waals surface area contributed by atoms with Crippen LogP contribution in [0.25, 0.3) is 0 Å². The molecule has 6 nitrogen and oxygen atoms in total. The first-order valence-corrected chi connectivity index (χ1v) is 12.1. The molecule has 7 heteroatoms. The number of esters is 1. The molecule has 1 fully saturated rings. The van der Waals surface area contributed by atoms with Gasteiger partial charge in [-0.1, -0.05) is 103 Å². The number of carbonyl (C=O) groups is 1. The van der Waals surface area contributed by atoms with E-state index in [1.807, 2.05) is 30.3 Å². The Kier molecular flexibility index (Phi) is 8.44. The van der Waals surface area contributed by atoms with Crippen molar-refractivity contribution in [3.8, 4) is 0 Å². The van der Waals surface area contributed by atoms with Crippen LogP contribution in [-0.4, -0.2) is 42.6 Å². The molecule has 0 aliphatic carbocycles. The summed E-state index contributed by atoms with van der Waals surface area (Å²) in [6, 6.07) is 26.8.